The third-order valence-corrected chi connectivity index (χ3v) is 4.73. The zero-order valence-electron chi connectivity index (χ0n) is 16.8. The maximum Gasteiger partial charge on any atom is 0.240 e. The summed E-state index contributed by atoms with van der Waals surface area (Å²) in [7, 11) is 0. The number of halogens is 1. The van der Waals surface area contributed by atoms with Gasteiger partial charge >= 0.3 is 0 Å². The van der Waals surface area contributed by atoms with Gasteiger partial charge in [-0.05, 0) is 49.5 Å². The van der Waals surface area contributed by atoms with Crippen LogP contribution in [0.5, 0.6) is 0 Å². The summed E-state index contributed by atoms with van der Waals surface area (Å²) >= 11 is 8.11. The fourth-order valence-corrected chi connectivity index (χ4v) is 3.17. The molecule has 1 amide bonds. The Hall–Kier alpha value is -0.400. The Kier molecular flexibility index (Phi) is 22.4. The lowest BCUT2D eigenvalue weighted by Crippen LogP contribution is -2.27. The Morgan fingerprint density at radius 1 is 1.27 bits per heavy atom. The molecule has 1 heterocycles. The van der Waals surface area contributed by atoms with Crippen LogP contribution in [0.4, 0.5) is 0 Å². The van der Waals surface area contributed by atoms with E-state index in [0.29, 0.717) is 5.75 Å². The molecule has 1 saturated heterocycles. The highest BCUT2D eigenvalue weighted by Crippen LogP contribution is 2.15. The molecule has 0 radical (unpaired) electrons. The third-order valence-electron chi connectivity index (χ3n) is 3.13. The smallest absolute Gasteiger partial charge is 0.240 e. The van der Waals surface area contributed by atoms with Crippen LogP contribution in [0.1, 0.15) is 53.0 Å². The molecule has 0 spiro atoms. The van der Waals surface area contributed by atoms with Gasteiger partial charge in [-0.1, -0.05) is 58.4 Å². The van der Waals surface area contributed by atoms with E-state index in [1.807, 2.05) is 52.0 Å². The lowest BCUT2D eigenvalue weighted by atomic mass is 10.0. The number of carbonyl (C=O) groups is 1. The molecular formula is C19H36ClN3OS2. The molecule has 0 aliphatic carbocycles. The first kappa shape index (κ1) is 27.8. The van der Waals surface area contributed by atoms with Crippen LogP contribution < -0.4 is 15.2 Å². The molecule has 1 aliphatic heterocycles. The van der Waals surface area contributed by atoms with Crippen molar-refractivity contribution in [1.29, 1.82) is 0 Å². The standard InChI is InChI=1S/C9H11ClN2OS2.C6H13N.2C2H6/c10-8-3-1-7(2-4-8)5-14-6-9(13)12-15-11;1-6-3-2-4-7-5-6;2*1-2/h1-4H,5-6,11H2,(H,12,13);6-7H,2-5H2,1H3;2*1-2H3. The minimum absolute atomic E-state index is 0.0681. The van der Waals surface area contributed by atoms with Crippen LogP contribution in [0.2, 0.25) is 5.02 Å². The van der Waals surface area contributed by atoms with E-state index in [1.54, 1.807) is 0 Å². The van der Waals surface area contributed by atoms with E-state index < -0.39 is 0 Å². The van der Waals surface area contributed by atoms with Gasteiger partial charge in [-0.25, -0.2) is 0 Å². The lowest BCUT2D eigenvalue weighted by Gasteiger charge is -2.17. The van der Waals surface area contributed by atoms with Gasteiger partial charge in [0.05, 0.1) is 5.75 Å². The Labute approximate surface area is 174 Å². The van der Waals surface area contributed by atoms with Gasteiger partial charge in [-0.2, -0.15) is 0 Å². The highest BCUT2D eigenvalue weighted by Gasteiger charge is 2.05. The highest BCUT2D eigenvalue weighted by molar-refractivity contribution is 7.99. The first-order valence-corrected chi connectivity index (χ1v) is 11.7. The molecule has 0 aromatic heterocycles. The second-order valence-electron chi connectivity index (χ2n) is 5.21. The van der Waals surface area contributed by atoms with Crippen molar-refractivity contribution < 1.29 is 4.79 Å². The normalized spacial score (nSPS) is 15.1. The van der Waals surface area contributed by atoms with E-state index in [0.717, 1.165) is 34.4 Å². The zero-order chi connectivity index (χ0) is 20.2. The number of rotatable bonds is 5. The number of carbonyl (C=O) groups excluding carboxylic acids is 1. The van der Waals surface area contributed by atoms with E-state index in [2.05, 4.69) is 17.0 Å². The maximum atomic E-state index is 11.0. The summed E-state index contributed by atoms with van der Waals surface area (Å²) in [6.45, 7) is 12.8. The molecule has 1 aromatic rings. The Bertz CT molecular complexity index is 427. The molecule has 1 atom stereocenters. The predicted molar refractivity (Wildman–Crippen MR) is 121 cm³/mol. The molecular weight excluding hydrogens is 386 g/mol. The van der Waals surface area contributed by atoms with Gasteiger partial charge < -0.3 is 5.32 Å². The number of benzene rings is 1. The van der Waals surface area contributed by atoms with Crippen molar-refractivity contribution in [1.82, 2.24) is 10.0 Å². The fraction of sp³-hybridized carbons (Fsp3) is 0.632. The maximum absolute atomic E-state index is 11.0. The molecule has 1 aliphatic rings. The van der Waals surface area contributed by atoms with Crippen molar-refractivity contribution in [3.63, 3.8) is 0 Å². The molecule has 152 valence electrons. The van der Waals surface area contributed by atoms with E-state index in [-0.39, 0.29) is 5.91 Å². The minimum Gasteiger partial charge on any atom is -0.316 e. The molecule has 0 saturated carbocycles. The van der Waals surface area contributed by atoms with Crippen molar-refractivity contribution in [2.24, 2.45) is 11.1 Å². The first-order valence-electron chi connectivity index (χ1n) is 9.29. The van der Waals surface area contributed by atoms with Gasteiger partial charge in [0.2, 0.25) is 5.91 Å². The summed E-state index contributed by atoms with van der Waals surface area (Å²) in [5.74, 6) is 2.06. The van der Waals surface area contributed by atoms with Crippen LogP contribution in [0.15, 0.2) is 24.3 Å². The minimum atomic E-state index is -0.0681. The van der Waals surface area contributed by atoms with Gasteiger partial charge in [-0.15, -0.1) is 11.8 Å². The van der Waals surface area contributed by atoms with Crippen molar-refractivity contribution in [2.75, 3.05) is 18.8 Å². The topological polar surface area (TPSA) is 67.2 Å². The molecule has 1 fully saturated rings. The number of hydrogen-bond acceptors (Lipinski definition) is 5. The Morgan fingerprint density at radius 2 is 1.88 bits per heavy atom. The number of thioether (sulfide) groups is 1. The summed E-state index contributed by atoms with van der Waals surface area (Å²) in [5.41, 5.74) is 1.15. The van der Waals surface area contributed by atoms with Crippen molar-refractivity contribution in [2.45, 2.75) is 53.2 Å². The summed E-state index contributed by atoms with van der Waals surface area (Å²) < 4.78 is 2.45. The SMILES string of the molecule is CC.CC.CC1CCCNC1.NSNC(=O)CSCc1ccc(Cl)cc1. The van der Waals surface area contributed by atoms with Gasteiger partial charge in [-0.3, -0.25) is 14.7 Å². The van der Waals surface area contributed by atoms with Gasteiger partial charge in [0.1, 0.15) is 0 Å². The van der Waals surface area contributed by atoms with E-state index in [1.165, 1.54) is 37.7 Å². The quantitative estimate of drug-likeness (QED) is 0.565. The van der Waals surface area contributed by atoms with Crippen LogP contribution in [-0.2, 0) is 10.5 Å². The monoisotopic (exact) mass is 421 g/mol. The average Bonchev–Trinajstić information content (AvgIpc) is 2.68. The van der Waals surface area contributed by atoms with E-state index in [9.17, 15) is 4.79 Å². The van der Waals surface area contributed by atoms with Gasteiger partial charge in [0.15, 0.2) is 0 Å². The molecule has 0 bridgehead atoms. The molecule has 7 heteroatoms. The number of nitrogens with two attached hydrogens (primary N) is 1. The van der Waals surface area contributed by atoms with Crippen LogP contribution in [-0.4, -0.2) is 24.7 Å². The van der Waals surface area contributed by atoms with E-state index >= 15 is 0 Å². The number of piperidine rings is 1. The second kappa shape index (κ2) is 20.9. The Morgan fingerprint density at radius 3 is 2.31 bits per heavy atom. The first-order chi connectivity index (χ1) is 12.6. The number of amides is 1. The summed E-state index contributed by atoms with van der Waals surface area (Å²) in [5, 5.41) is 9.15. The van der Waals surface area contributed by atoms with Crippen molar-refractivity contribution in [3.05, 3.63) is 34.9 Å². The zero-order valence-corrected chi connectivity index (χ0v) is 19.2. The molecule has 4 nitrogen and oxygen atoms in total. The molecule has 4 N–H and O–H groups in total. The predicted octanol–water partition coefficient (Wildman–Crippen LogP) is 5.27. The van der Waals surface area contributed by atoms with Crippen LogP contribution in [0, 0.1) is 5.92 Å². The Balaban J connectivity index is 0. The fourth-order valence-electron chi connectivity index (χ4n) is 1.96. The highest BCUT2D eigenvalue weighted by atomic mass is 35.5. The lowest BCUT2D eigenvalue weighted by molar-refractivity contribution is -0.116. The van der Waals surface area contributed by atoms with Crippen LogP contribution in [0.25, 0.3) is 0 Å². The summed E-state index contributed by atoms with van der Waals surface area (Å²) in [6.07, 6.45) is 2.80. The van der Waals surface area contributed by atoms with Crippen molar-refractivity contribution >= 4 is 41.4 Å². The second-order valence-corrected chi connectivity index (χ2v) is 7.08. The summed E-state index contributed by atoms with van der Waals surface area (Å²) in [6, 6.07) is 7.58. The number of nitrogens with one attached hydrogen (secondary N) is 2. The van der Waals surface area contributed by atoms with Crippen molar-refractivity contribution in [3.8, 4) is 0 Å². The molecule has 26 heavy (non-hydrogen) atoms. The summed E-state index contributed by atoms with van der Waals surface area (Å²) in [4.78, 5) is 11.0. The molecule has 1 unspecified atom stereocenters. The van der Waals surface area contributed by atoms with Gasteiger partial charge in [0.25, 0.3) is 0 Å². The third kappa shape index (κ3) is 17.0. The molecule has 1 aromatic carbocycles. The number of hydrogen-bond donors (Lipinski definition) is 3. The van der Waals surface area contributed by atoms with Crippen LogP contribution >= 0.6 is 35.5 Å². The van der Waals surface area contributed by atoms with Gasteiger partial charge in [0, 0.05) is 22.9 Å². The largest absolute Gasteiger partial charge is 0.316 e. The average molecular weight is 422 g/mol. The van der Waals surface area contributed by atoms with E-state index in [4.69, 9.17) is 16.7 Å². The van der Waals surface area contributed by atoms with Crippen LogP contribution in [0.3, 0.4) is 0 Å². The molecule has 2 rings (SSSR count).